The maximum atomic E-state index is 14.0. The first kappa shape index (κ1) is 30.3. The number of rotatable bonds is 13. The number of hydrogen-bond acceptors (Lipinski definition) is 5. The molecular formula is C33H35N3O5S. The van der Waals surface area contributed by atoms with Gasteiger partial charge < -0.3 is 15.0 Å². The SMILES string of the molecule is CCNC(=O)[C@@H](CC)N(Cc1ccccc1)C(=O)CN(c1ccc(Oc2ccccc2)cc1)S(=O)(=O)c1ccccc1. The number of sulfonamides is 1. The molecule has 0 bridgehead atoms. The third kappa shape index (κ3) is 7.55. The summed E-state index contributed by atoms with van der Waals surface area (Å²) in [5.74, 6) is 0.369. The smallest absolute Gasteiger partial charge is 0.264 e. The highest BCUT2D eigenvalue weighted by molar-refractivity contribution is 7.92. The second-order valence-electron chi connectivity index (χ2n) is 9.56. The number of ether oxygens (including phenoxy) is 1. The number of nitrogens with zero attached hydrogens (tertiary/aromatic N) is 2. The van der Waals surface area contributed by atoms with E-state index in [1.165, 1.54) is 17.0 Å². The van der Waals surface area contributed by atoms with E-state index in [1.54, 1.807) is 42.5 Å². The van der Waals surface area contributed by atoms with Crippen molar-refractivity contribution in [2.75, 3.05) is 17.4 Å². The maximum absolute atomic E-state index is 14.0. The Labute approximate surface area is 247 Å². The van der Waals surface area contributed by atoms with Gasteiger partial charge in [-0.3, -0.25) is 13.9 Å². The maximum Gasteiger partial charge on any atom is 0.264 e. The van der Waals surface area contributed by atoms with Gasteiger partial charge in [-0.25, -0.2) is 8.42 Å². The zero-order chi connectivity index (χ0) is 30.0. The molecule has 0 fully saturated rings. The largest absolute Gasteiger partial charge is 0.457 e. The van der Waals surface area contributed by atoms with Crippen molar-refractivity contribution in [1.82, 2.24) is 10.2 Å². The Morgan fingerprint density at radius 2 is 1.31 bits per heavy atom. The minimum absolute atomic E-state index is 0.0489. The van der Waals surface area contributed by atoms with Gasteiger partial charge in [0.15, 0.2) is 0 Å². The van der Waals surface area contributed by atoms with Crippen LogP contribution in [0.1, 0.15) is 25.8 Å². The predicted molar refractivity (Wildman–Crippen MR) is 164 cm³/mol. The Hall–Kier alpha value is -4.63. The van der Waals surface area contributed by atoms with Crippen molar-refractivity contribution in [3.05, 3.63) is 121 Å². The average molecular weight is 586 g/mol. The highest BCUT2D eigenvalue weighted by Crippen LogP contribution is 2.28. The van der Waals surface area contributed by atoms with E-state index in [2.05, 4.69) is 5.32 Å². The van der Waals surface area contributed by atoms with E-state index in [4.69, 9.17) is 4.74 Å². The van der Waals surface area contributed by atoms with Gasteiger partial charge in [-0.2, -0.15) is 0 Å². The Morgan fingerprint density at radius 3 is 1.88 bits per heavy atom. The summed E-state index contributed by atoms with van der Waals surface area (Å²) in [5, 5.41) is 2.81. The van der Waals surface area contributed by atoms with E-state index in [9.17, 15) is 18.0 Å². The highest BCUT2D eigenvalue weighted by atomic mass is 32.2. The average Bonchev–Trinajstić information content (AvgIpc) is 3.01. The molecule has 0 saturated carbocycles. The van der Waals surface area contributed by atoms with Crippen LogP contribution in [-0.2, 0) is 26.2 Å². The number of likely N-dealkylation sites (N-methyl/N-ethyl adjacent to an activating group) is 1. The van der Waals surface area contributed by atoms with Crippen LogP contribution in [0.2, 0.25) is 0 Å². The molecule has 0 aliphatic heterocycles. The minimum atomic E-state index is -4.15. The van der Waals surface area contributed by atoms with Gasteiger partial charge in [0.25, 0.3) is 10.0 Å². The number of para-hydroxylation sites is 1. The molecule has 4 aromatic rings. The van der Waals surface area contributed by atoms with Crippen molar-refractivity contribution >= 4 is 27.5 Å². The van der Waals surface area contributed by atoms with Crippen molar-refractivity contribution in [3.63, 3.8) is 0 Å². The molecule has 2 amide bonds. The summed E-state index contributed by atoms with van der Waals surface area (Å²) < 4.78 is 34.9. The van der Waals surface area contributed by atoms with E-state index in [1.807, 2.05) is 74.5 Å². The molecule has 0 spiro atoms. The Balaban J connectivity index is 1.70. The number of carbonyl (C=O) groups is 2. The molecule has 0 unspecified atom stereocenters. The van der Waals surface area contributed by atoms with E-state index in [0.29, 0.717) is 30.2 Å². The number of hydrogen-bond donors (Lipinski definition) is 1. The van der Waals surface area contributed by atoms with Crippen LogP contribution in [0.4, 0.5) is 5.69 Å². The Bertz CT molecular complexity index is 1550. The summed E-state index contributed by atoms with van der Waals surface area (Å²) in [5.41, 5.74) is 1.12. The molecule has 1 atom stereocenters. The number of amides is 2. The van der Waals surface area contributed by atoms with Crippen LogP contribution in [0.15, 0.2) is 120 Å². The fraction of sp³-hybridized carbons (Fsp3) is 0.212. The van der Waals surface area contributed by atoms with Gasteiger partial charge in [-0.05, 0) is 67.4 Å². The van der Waals surface area contributed by atoms with Crippen molar-refractivity contribution in [3.8, 4) is 11.5 Å². The summed E-state index contributed by atoms with van der Waals surface area (Å²) in [6.07, 6.45) is 0.362. The summed E-state index contributed by atoms with van der Waals surface area (Å²) in [6, 6.07) is 32.3. The van der Waals surface area contributed by atoms with Crippen molar-refractivity contribution in [2.24, 2.45) is 0 Å². The topological polar surface area (TPSA) is 96.0 Å². The normalized spacial score (nSPS) is 11.8. The number of anilines is 1. The Kier molecular flexibility index (Phi) is 10.3. The van der Waals surface area contributed by atoms with E-state index >= 15 is 0 Å². The molecule has 4 aromatic carbocycles. The fourth-order valence-electron chi connectivity index (χ4n) is 4.55. The summed E-state index contributed by atoms with van der Waals surface area (Å²) in [6.45, 7) is 3.70. The third-order valence-electron chi connectivity index (χ3n) is 6.65. The molecule has 0 aromatic heterocycles. The number of nitrogens with one attached hydrogen (secondary N) is 1. The zero-order valence-electron chi connectivity index (χ0n) is 23.7. The lowest BCUT2D eigenvalue weighted by Gasteiger charge is -2.33. The van der Waals surface area contributed by atoms with Crippen molar-refractivity contribution in [1.29, 1.82) is 0 Å². The standard InChI is InChI=1S/C33H35N3O5S/c1-3-31(33(38)34-4-2)35(24-26-14-8-5-9-15-26)32(37)25-36(42(39,40)30-18-12-7-13-19-30)27-20-22-29(23-21-27)41-28-16-10-6-11-17-28/h5-23,31H,3-4,24-25H2,1-2H3,(H,34,38)/t31-/m1/s1. The number of benzene rings is 4. The summed E-state index contributed by atoms with van der Waals surface area (Å²) in [7, 11) is -4.15. The lowest BCUT2D eigenvalue weighted by Crippen LogP contribution is -2.52. The minimum Gasteiger partial charge on any atom is -0.457 e. The molecule has 218 valence electrons. The van der Waals surface area contributed by atoms with Crippen LogP contribution in [0, 0.1) is 0 Å². The quantitative estimate of drug-likeness (QED) is 0.220. The molecule has 4 rings (SSSR count). The zero-order valence-corrected chi connectivity index (χ0v) is 24.5. The van der Waals surface area contributed by atoms with Crippen LogP contribution in [-0.4, -0.2) is 44.3 Å². The van der Waals surface area contributed by atoms with E-state index < -0.39 is 28.5 Å². The van der Waals surface area contributed by atoms with Crippen molar-refractivity contribution < 1.29 is 22.7 Å². The van der Waals surface area contributed by atoms with Gasteiger partial charge >= 0.3 is 0 Å². The van der Waals surface area contributed by atoms with E-state index in [0.717, 1.165) is 9.87 Å². The third-order valence-corrected chi connectivity index (χ3v) is 8.43. The van der Waals surface area contributed by atoms with Gasteiger partial charge in [0, 0.05) is 13.1 Å². The van der Waals surface area contributed by atoms with Gasteiger partial charge in [-0.15, -0.1) is 0 Å². The molecule has 1 N–H and O–H groups in total. The summed E-state index contributed by atoms with van der Waals surface area (Å²) >= 11 is 0. The lowest BCUT2D eigenvalue weighted by atomic mass is 10.1. The highest BCUT2D eigenvalue weighted by Gasteiger charge is 2.33. The lowest BCUT2D eigenvalue weighted by molar-refractivity contribution is -0.140. The molecule has 42 heavy (non-hydrogen) atoms. The first-order chi connectivity index (χ1) is 20.3. The van der Waals surface area contributed by atoms with Crippen LogP contribution in [0.5, 0.6) is 11.5 Å². The first-order valence-corrected chi connectivity index (χ1v) is 15.3. The van der Waals surface area contributed by atoms with Crippen molar-refractivity contribution in [2.45, 2.75) is 37.8 Å². The molecule has 8 nitrogen and oxygen atoms in total. The monoisotopic (exact) mass is 585 g/mol. The molecular weight excluding hydrogens is 550 g/mol. The predicted octanol–water partition coefficient (Wildman–Crippen LogP) is 5.62. The van der Waals surface area contributed by atoms with Gasteiger partial charge in [0.2, 0.25) is 11.8 Å². The Morgan fingerprint density at radius 1 is 0.762 bits per heavy atom. The first-order valence-electron chi connectivity index (χ1n) is 13.8. The molecule has 0 saturated heterocycles. The molecule has 9 heteroatoms. The number of carbonyl (C=O) groups excluding carboxylic acids is 2. The molecule has 0 radical (unpaired) electrons. The second kappa shape index (κ2) is 14.3. The van der Waals surface area contributed by atoms with Crippen LogP contribution < -0.4 is 14.4 Å². The van der Waals surface area contributed by atoms with Crippen LogP contribution in [0.3, 0.4) is 0 Å². The molecule has 0 heterocycles. The van der Waals surface area contributed by atoms with Crippen LogP contribution in [0.25, 0.3) is 0 Å². The van der Waals surface area contributed by atoms with Gasteiger partial charge in [-0.1, -0.05) is 73.7 Å². The fourth-order valence-corrected chi connectivity index (χ4v) is 5.98. The van der Waals surface area contributed by atoms with Crippen LogP contribution >= 0.6 is 0 Å². The van der Waals surface area contributed by atoms with Gasteiger partial charge in [0.05, 0.1) is 10.6 Å². The molecule has 0 aliphatic carbocycles. The van der Waals surface area contributed by atoms with E-state index in [-0.39, 0.29) is 17.3 Å². The van der Waals surface area contributed by atoms with Gasteiger partial charge in [0.1, 0.15) is 24.1 Å². The molecule has 0 aliphatic rings. The summed E-state index contributed by atoms with van der Waals surface area (Å²) in [4.78, 5) is 28.6. The second-order valence-corrected chi connectivity index (χ2v) is 11.4.